The quantitative estimate of drug-likeness (QED) is 0.748. The summed E-state index contributed by atoms with van der Waals surface area (Å²) in [4.78, 5) is 39.8. The summed E-state index contributed by atoms with van der Waals surface area (Å²) >= 11 is 0. The molecule has 140 valence electrons. The zero-order valence-corrected chi connectivity index (χ0v) is 15.4. The molecule has 1 aliphatic rings. The van der Waals surface area contributed by atoms with E-state index in [9.17, 15) is 9.59 Å². The van der Waals surface area contributed by atoms with Gasteiger partial charge in [-0.15, -0.1) is 0 Å². The van der Waals surface area contributed by atoms with Gasteiger partial charge in [0.25, 0.3) is 11.8 Å². The number of aryl methyl sites for hydroxylation is 1. The van der Waals surface area contributed by atoms with E-state index in [-0.39, 0.29) is 11.8 Å². The molecule has 2 aromatic heterocycles. The van der Waals surface area contributed by atoms with Crippen LogP contribution in [-0.4, -0.2) is 62.7 Å². The molecule has 3 heterocycles. The summed E-state index contributed by atoms with van der Waals surface area (Å²) in [5, 5.41) is 0. The molecular weight excluding hydrogens is 342 g/mol. The standard InChI is InChI=1S/C20H23N5O2/c1-2-18-22-15-7-6-14(13-17(15)23-18)19(26)24-9-4-10-25(12-11-24)20(27)16-5-3-8-21-16/h3,5-8,13,21H,2,4,9-12H2,1H3,(H,22,23). The highest BCUT2D eigenvalue weighted by Crippen LogP contribution is 2.17. The van der Waals surface area contributed by atoms with Crippen molar-refractivity contribution in [2.24, 2.45) is 0 Å². The van der Waals surface area contributed by atoms with Crippen LogP contribution in [0.4, 0.5) is 0 Å². The third-order valence-electron chi connectivity index (χ3n) is 5.01. The fourth-order valence-corrected chi connectivity index (χ4v) is 3.50. The molecule has 4 rings (SSSR count). The van der Waals surface area contributed by atoms with Gasteiger partial charge in [0.05, 0.1) is 11.0 Å². The molecule has 7 nitrogen and oxygen atoms in total. The molecule has 0 saturated carbocycles. The minimum atomic E-state index is -0.0136. The maximum atomic E-state index is 13.0. The summed E-state index contributed by atoms with van der Waals surface area (Å²) in [6.45, 7) is 4.42. The van der Waals surface area contributed by atoms with Crippen molar-refractivity contribution in [1.82, 2.24) is 24.8 Å². The van der Waals surface area contributed by atoms with Gasteiger partial charge < -0.3 is 19.8 Å². The largest absolute Gasteiger partial charge is 0.357 e. The number of hydrogen-bond donors (Lipinski definition) is 2. The van der Waals surface area contributed by atoms with Crippen LogP contribution in [0, 0.1) is 0 Å². The molecule has 2 amide bonds. The van der Waals surface area contributed by atoms with Crippen LogP contribution >= 0.6 is 0 Å². The molecule has 2 N–H and O–H groups in total. The van der Waals surface area contributed by atoms with Crippen LogP contribution in [0.15, 0.2) is 36.5 Å². The number of aromatic nitrogens is 3. The number of hydrogen-bond acceptors (Lipinski definition) is 3. The van der Waals surface area contributed by atoms with Crippen molar-refractivity contribution < 1.29 is 9.59 Å². The highest BCUT2D eigenvalue weighted by atomic mass is 16.2. The van der Waals surface area contributed by atoms with Crippen molar-refractivity contribution in [3.05, 3.63) is 53.6 Å². The number of nitrogens with one attached hydrogen (secondary N) is 2. The van der Waals surface area contributed by atoms with Gasteiger partial charge in [-0.3, -0.25) is 9.59 Å². The average molecular weight is 365 g/mol. The van der Waals surface area contributed by atoms with Crippen molar-refractivity contribution in [1.29, 1.82) is 0 Å². The Morgan fingerprint density at radius 1 is 1.07 bits per heavy atom. The number of rotatable bonds is 3. The Labute approximate surface area is 157 Å². The summed E-state index contributed by atoms with van der Waals surface area (Å²) in [5.74, 6) is 0.904. The second kappa shape index (κ2) is 7.26. The fourth-order valence-electron chi connectivity index (χ4n) is 3.50. The van der Waals surface area contributed by atoms with Crippen LogP contribution in [0.3, 0.4) is 0 Å². The van der Waals surface area contributed by atoms with E-state index >= 15 is 0 Å². The molecule has 1 aliphatic heterocycles. The molecule has 27 heavy (non-hydrogen) atoms. The van der Waals surface area contributed by atoms with Crippen LogP contribution in [0.5, 0.6) is 0 Å². The topological polar surface area (TPSA) is 85.1 Å². The Morgan fingerprint density at radius 2 is 1.85 bits per heavy atom. The Hall–Kier alpha value is -3.09. The number of benzene rings is 1. The lowest BCUT2D eigenvalue weighted by atomic mass is 10.1. The average Bonchev–Trinajstić information content (AvgIpc) is 3.30. The molecule has 0 radical (unpaired) electrons. The third-order valence-corrected chi connectivity index (χ3v) is 5.01. The normalized spacial score (nSPS) is 15.1. The summed E-state index contributed by atoms with van der Waals surface area (Å²) in [5.41, 5.74) is 3.00. The zero-order chi connectivity index (χ0) is 18.8. The van der Waals surface area contributed by atoms with E-state index in [4.69, 9.17) is 0 Å². The van der Waals surface area contributed by atoms with Crippen molar-refractivity contribution in [2.45, 2.75) is 19.8 Å². The van der Waals surface area contributed by atoms with E-state index in [2.05, 4.69) is 15.0 Å². The molecule has 1 saturated heterocycles. The molecular formula is C20H23N5O2. The lowest BCUT2D eigenvalue weighted by Crippen LogP contribution is -2.37. The molecule has 0 unspecified atom stereocenters. The summed E-state index contributed by atoms with van der Waals surface area (Å²) in [6.07, 6.45) is 3.34. The zero-order valence-electron chi connectivity index (χ0n) is 15.4. The number of nitrogens with zero attached hydrogens (tertiary/aromatic N) is 3. The predicted molar refractivity (Wildman–Crippen MR) is 103 cm³/mol. The lowest BCUT2D eigenvalue weighted by molar-refractivity contribution is 0.0716. The molecule has 0 bridgehead atoms. The van der Waals surface area contributed by atoms with Crippen LogP contribution < -0.4 is 0 Å². The van der Waals surface area contributed by atoms with Crippen LogP contribution in [0.25, 0.3) is 11.0 Å². The fraction of sp³-hybridized carbons (Fsp3) is 0.350. The van der Waals surface area contributed by atoms with Gasteiger partial charge in [-0.25, -0.2) is 4.98 Å². The van der Waals surface area contributed by atoms with Gasteiger partial charge in [0.1, 0.15) is 11.5 Å². The number of fused-ring (bicyclic) bond motifs is 1. The highest BCUT2D eigenvalue weighted by Gasteiger charge is 2.24. The summed E-state index contributed by atoms with van der Waals surface area (Å²) in [7, 11) is 0. The van der Waals surface area contributed by atoms with Crippen LogP contribution in [0.2, 0.25) is 0 Å². The second-order valence-electron chi connectivity index (χ2n) is 6.79. The monoisotopic (exact) mass is 365 g/mol. The first-order valence-corrected chi connectivity index (χ1v) is 9.36. The van der Waals surface area contributed by atoms with Crippen molar-refractivity contribution in [2.75, 3.05) is 26.2 Å². The Kier molecular flexibility index (Phi) is 4.66. The Morgan fingerprint density at radius 3 is 2.56 bits per heavy atom. The number of carbonyl (C=O) groups is 2. The minimum Gasteiger partial charge on any atom is -0.357 e. The van der Waals surface area contributed by atoms with Gasteiger partial charge >= 0.3 is 0 Å². The molecule has 0 aliphatic carbocycles. The van der Waals surface area contributed by atoms with E-state index in [0.717, 1.165) is 29.7 Å². The van der Waals surface area contributed by atoms with Gasteiger partial charge in [0, 0.05) is 44.4 Å². The van der Waals surface area contributed by atoms with Gasteiger partial charge in [0.2, 0.25) is 0 Å². The number of amides is 2. The van der Waals surface area contributed by atoms with Crippen molar-refractivity contribution in [3.8, 4) is 0 Å². The maximum absolute atomic E-state index is 13.0. The number of carbonyl (C=O) groups excluding carboxylic acids is 2. The van der Waals surface area contributed by atoms with Crippen LogP contribution in [-0.2, 0) is 6.42 Å². The summed E-state index contributed by atoms with van der Waals surface area (Å²) in [6, 6.07) is 9.18. The number of H-pyrrole nitrogens is 2. The molecule has 1 aromatic carbocycles. The van der Waals surface area contributed by atoms with Gasteiger partial charge in [0.15, 0.2) is 0 Å². The second-order valence-corrected chi connectivity index (χ2v) is 6.79. The maximum Gasteiger partial charge on any atom is 0.270 e. The minimum absolute atomic E-state index is 0.00118. The SMILES string of the molecule is CCc1nc2ccc(C(=O)N3CCCN(C(=O)c4ccc[nH]4)CC3)cc2[nH]1. The smallest absolute Gasteiger partial charge is 0.270 e. The molecule has 0 atom stereocenters. The van der Waals surface area contributed by atoms with Gasteiger partial charge in [-0.1, -0.05) is 6.92 Å². The first kappa shape index (κ1) is 17.3. The van der Waals surface area contributed by atoms with E-state index < -0.39 is 0 Å². The lowest BCUT2D eigenvalue weighted by Gasteiger charge is -2.22. The Bertz CT molecular complexity index is 960. The number of aromatic amines is 2. The predicted octanol–water partition coefficient (Wildman–Crippen LogP) is 2.44. The van der Waals surface area contributed by atoms with Crippen LogP contribution in [0.1, 0.15) is 40.0 Å². The van der Waals surface area contributed by atoms with Crippen molar-refractivity contribution >= 4 is 22.8 Å². The molecule has 7 heteroatoms. The molecule has 0 spiro atoms. The van der Waals surface area contributed by atoms with Crippen molar-refractivity contribution in [3.63, 3.8) is 0 Å². The third kappa shape index (κ3) is 3.45. The first-order valence-electron chi connectivity index (χ1n) is 9.36. The van der Waals surface area contributed by atoms with E-state index in [1.165, 1.54) is 0 Å². The molecule has 3 aromatic rings. The van der Waals surface area contributed by atoms with E-state index in [1.807, 2.05) is 41.0 Å². The summed E-state index contributed by atoms with van der Waals surface area (Å²) < 4.78 is 0. The molecule has 1 fully saturated rings. The number of imidazole rings is 1. The van der Waals surface area contributed by atoms with E-state index in [0.29, 0.717) is 37.4 Å². The first-order chi connectivity index (χ1) is 13.2. The Balaban J connectivity index is 1.47. The van der Waals surface area contributed by atoms with Gasteiger partial charge in [-0.2, -0.15) is 0 Å². The van der Waals surface area contributed by atoms with Gasteiger partial charge in [-0.05, 0) is 36.8 Å². The van der Waals surface area contributed by atoms with E-state index in [1.54, 1.807) is 12.3 Å². The highest BCUT2D eigenvalue weighted by molar-refractivity contribution is 5.97.